The van der Waals surface area contributed by atoms with Gasteiger partial charge in [-0.2, -0.15) is 4.31 Å². The Morgan fingerprint density at radius 3 is 2.29 bits per heavy atom. The first-order chi connectivity index (χ1) is 11.2. The third-order valence-electron chi connectivity index (χ3n) is 3.25. The summed E-state index contributed by atoms with van der Waals surface area (Å²) in [5, 5.41) is 2.70. The highest BCUT2D eigenvalue weighted by atomic mass is 32.2. The van der Waals surface area contributed by atoms with Crippen LogP contribution in [0.4, 0.5) is 5.69 Å². The molecular formula is C16H27N3O4S. The first-order valence-electron chi connectivity index (χ1n) is 7.85. The summed E-state index contributed by atoms with van der Waals surface area (Å²) in [6, 6.07) is 6.95. The minimum atomic E-state index is -3.43. The fraction of sp³-hybridized carbons (Fsp3) is 0.562. The number of ether oxygens (including phenoxy) is 1. The van der Waals surface area contributed by atoms with E-state index in [-0.39, 0.29) is 12.5 Å². The molecule has 0 spiro atoms. The van der Waals surface area contributed by atoms with Crippen molar-refractivity contribution in [2.24, 2.45) is 0 Å². The van der Waals surface area contributed by atoms with Crippen LogP contribution in [0.15, 0.2) is 24.3 Å². The van der Waals surface area contributed by atoms with Crippen LogP contribution in [0.2, 0.25) is 0 Å². The molecule has 1 rings (SSSR count). The van der Waals surface area contributed by atoms with Gasteiger partial charge in [0, 0.05) is 12.2 Å². The maximum absolute atomic E-state index is 12.1. The summed E-state index contributed by atoms with van der Waals surface area (Å²) in [6.07, 6.45) is 1.78. The molecular weight excluding hydrogens is 330 g/mol. The molecule has 0 unspecified atom stereocenters. The Morgan fingerprint density at radius 2 is 1.79 bits per heavy atom. The second kappa shape index (κ2) is 9.61. The Kier molecular flexibility index (Phi) is 8.17. The quantitative estimate of drug-likeness (QED) is 0.681. The number of amides is 1. The van der Waals surface area contributed by atoms with E-state index in [1.807, 2.05) is 25.9 Å². The molecule has 1 amide bonds. The molecule has 136 valence electrons. The van der Waals surface area contributed by atoms with E-state index in [1.165, 1.54) is 4.31 Å². The number of nitrogens with zero attached hydrogens (tertiary/aromatic N) is 2. The van der Waals surface area contributed by atoms with Gasteiger partial charge in [-0.15, -0.1) is 0 Å². The highest BCUT2D eigenvalue weighted by Crippen LogP contribution is 2.15. The predicted molar refractivity (Wildman–Crippen MR) is 95.8 cm³/mol. The largest absolute Gasteiger partial charge is 0.494 e. The van der Waals surface area contributed by atoms with Gasteiger partial charge in [-0.3, -0.25) is 4.79 Å². The van der Waals surface area contributed by atoms with Gasteiger partial charge in [0.25, 0.3) is 0 Å². The van der Waals surface area contributed by atoms with Crippen LogP contribution in [0.1, 0.15) is 13.3 Å². The van der Waals surface area contributed by atoms with Crippen LogP contribution in [0.25, 0.3) is 0 Å². The van der Waals surface area contributed by atoms with Gasteiger partial charge in [-0.25, -0.2) is 8.42 Å². The molecule has 0 aromatic heterocycles. The minimum absolute atomic E-state index is 0.195. The monoisotopic (exact) mass is 357 g/mol. The van der Waals surface area contributed by atoms with Crippen molar-refractivity contribution in [2.75, 3.05) is 51.9 Å². The molecule has 8 heteroatoms. The fourth-order valence-electron chi connectivity index (χ4n) is 2.09. The average Bonchev–Trinajstić information content (AvgIpc) is 2.47. The zero-order valence-electron chi connectivity index (χ0n) is 14.8. The van der Waals surface area contributed by atoms with Gasteiger partial charge < -0.3 is 15.0 Å². The second-order valence-corrected chi connectivity index (χ2v) is 7.74. The van der Waals surface area contributed by atoms with E-state index < -0.39 is 10.0 Å². The molecule has 0 saturated carbocycles. The number of rotatable bonds is 10. The lowest BCUT2D eigenvalue weighted by Gasteiger charge is -2.20. The molecule has 0 aliphatic heterocycles. The standard InChI is InChI=1S/C16H27N3O4S/c1-5-23-15-9-7-14(8-10-15)17-16(20)13-19(24(4,21)22)12-6-11-18(2)3/h7-10H,5-6,11-13H2,1-4H3,(H,17,20). The molecule has 0 heterocycles. The summed E-state index contributed by atoms with van der Waals surface area (Å²) in [7, 11) is 0.410. The van der Waals surface area contributed by atoms with Crippen LogP contribution in [0.3, 0.4) is 0 Å². The molecule has 0 radical (unpaired) electrons. The van der Waals surface area contributed by atoms with E-state index in [0.29, 0.717) is 25.3 Å². The lowest BCUT2D eigenvalue weighted by atomic mass is 10.3. The van der Waals surface area contributed by atoms with Gasteiger partial charge in [-0.05, 0) is 58.3 Å². The highest BCUT2D eigenvalue weighted by Gasteiger charge is 2.19. The van der Waals surface area contributed by atoms with E-state index in [1.54, 1.807) is 24.3 Å². The lowest BCUT2D eigenvalue weighted by Crippen LogP contribution is -2.38. The smallest absolute Gasteiger partial charge is 0.239 e. The molecule has 1 aromatic rings. The Hall–Kier alpha value is -1.64. The molecule has 0 saturated heterocycles. The molecule has 0 bridgehead atoms. The molecule has 0 aliphatic rings. The summed E-state index contributed by atoms with van der Waals surface area (Å²) in [5.74, 6) is 0.353. The van der Waals surface area contributed by atoms with Gasteiger partial charge in [0.15, 0.2) is 0 Å². The second-order valence-electron chi connectivity index (χ2n) is 5.76. The molecule has 1 N–H and O–H groups in total. The number of hydrogen-bond donors (Lipinski definition) is 1. The summed E-state index contributed by atoms with van der Waals surface area (Å²) in [6.45, 7) is 3.34. The molecule has 0 fully saturated rings. The van der Waals surface area contributed by atoms with Crippen LogP contribution in [-0.4, -0.2) is 70.1 Å². The number of hydrogen-bond acceptors (Lipinski definition) is 5. The van der Waals surface area contributed by atoms with Crippen LogP contribution in [0.5, 0.6) is 5.75 Å². The van der Waals surface area contributed by atoms with E-state index in [0.717, 1.165) is 18.6 Å². The van der Waals surface area contributed by atoms with Crippen molar-refractivity contribution in [3.05, 3.63) is 24.3 Å². The van der Waals surface area contributed by atoms with Gasteiger partial charge >= 0.3 is 0 Å². The SMILES string of the molecule is CCOc1ccc(NC(=O)CN(CCCN(C)C)S(C)(=O)=O)cc1. The van der Waals surface area contributed by atoms with Crippen molar-refractivity contribution in [1.29, 1.82) is 0 Å². The Labute approximate surface area is 144 Å². The minimum Gasteiger partial charge on any atom is -0.494 e. The van der Waals surface area contributed by atoms with Crippen LogP contribution < -0.4 is 10.1 Å². The van der Waals surface area contributed by atoms with E-state index >= 15 is 0 Å². The predicted octanol–water partition coefficient (Wildman–Crippen LogP) is 1.24. The number of carbonyl (C=O) groups is 1. The first-order valence-corrected chi connectivity index (χ1v) is 9.69. The lowest BCUT2D eigenvalue weighted by molar-refractivity contribution is -0.116. The third kappa shape index (κ3) is 7.76. The van der Waals surface area contributed by atoms with Crippen molar-refractivity contribution in [2.45, 2.75) is 13.3 Å². The van der Waals surface area contributed by atoms with Crippen LogP contribution in [0, 0.1) is 0 Å². The number of sulfonamides is 1. The van der Waals surface area contributed by atoms with E-state index in [2.05, 4.69) is 5.32 Å². The topological polar surface area (TPSA) is 79.0 Å². The number of nitrogens with one attached hydrogen (secondary N) is 1. The highest BCUT2D eigenvalue weighted by molar-refractivity contribution is 7.88. The van der Waals surface area contributed by atoms with Gasteiger partial charge in [0.2, 0.25) is 15.9 Å². The van der Waals surface area contributed by atoms with Crippen molar-refractivity contribution in [1.82, 2.24) is 9.21 Å². The third-order valence-corrected chi connectivity index (χ3v) is 4.50. The maximum Gasteiger partial charge on any atom is 0.239 e. The molecule has 0 aliphatic carbocycles. The first kappa shape index (κ1) is 20.4. The number of anilines is 1. The summed E-state index contributed by atoms with van der Waals surface area (Å²) < 4.78 is 30.2. The van der Waals surface area contributed by atoms with Crippen LogP contribution >= 0.6 is 0 Å². The molecule has 1 aromatic carbocycles. The van der Waals surface area contributed by atoms with Crippen molar-refractivity contribution in [3.8, 4) is 5.75 Å². The molecule has 7 nitrogen and oxygen atoms in total. The van der Waals surface area contributed by atoms with Gasteiger partial charge in [0.05, 0.1) is 19.4 Å². The zero-order chi connectivity index (χ0) is 18.2. The Balaban J connectivity index is 2.60. The molecule has 24 heavy (non-hydrogen) atoms. The van der Waals surface area contributed by atoms with Crippen LogP contribution in [-0.2, 0) is 14.8 Å². The number of benzene rings is 1. The normalized spacial score (nSPS) is 11.8. The average molecular weight is 357 g/mol. The molecule has 0 atom stereocenters. The van der Waals surface area contributed by atoms with E-state index in [4.69, 9.17) is 4.74 Å². The van der Waals surface area contributed by atoms with Crippen molar-refractivity contribution < 1.29 is 17.9 Å². The summed E-state index contributed by atoms with van der Waals surface area (Å²) >= 11 is 0. The van der Waals surface area contributed by atoms with E-state index in [9.17, 15) is 13.2 Å². The summed E-state index contributed by atoms with van der Waals surface area (Å²) in [4.78, 5) is 14.1. The maximum atomic E-state index is 12.1. The summed E-state index contributed by atoms with van der Waals surface area (Å²) in [5.41, 5.74) is 0.602. The number of carbonyl (C=O) groups excluding carboxylic acids is 1. The van der Waals surface area contributed by atoms with Crippen molar-refractivity contribution >= 4 is 21.6 Å². The Morgan fingerprint density at radius 1 is 1.17 bits per heavy atom. The van der Waals surface area contributed by atoms with Gasteiger partial charge in [0.1, 0.15) is 5.75 Å². The zero-order valence-corrected chi connectivity index (χ0v) is 15.6. The van der Waals surface area contributed by atoms with Crippen molar-refractivity contribution in [3.63, 3.8) is 0 Å². The Bertz CT molecular complexity index is 615. The van der Waals surface area contributed by atoms with Gasteiger partial charge in [-0.1, -0.05) is 0 Å². The fourth-order valence-corrected chi connectivity index (χ4v) is 2.90.